The molecule has 1 aliphatic heterocycles. The molecule has 5 heteroatoms. The average Bonchev–Trinajstić information content (AvgIpc) is 2.98. The first-order valence-electron chi connectivity index (χ1n) is 15.5. The van der Waals surface area contributed by atoms with Crippen LogP contribution < -0.4 is 4.74 Å². The SMILES string of the molecule is CCCCCCCOc1ccc(C2OCC(c3ccc(C4CCC(CCCCC)CC4)cc3)CO2)c(F)c1F. The molecule has 0 radical (unpaired) electrons. The molecule has 2 aliphatic rings. The van der Waals surface area contributed by atoms with E-state index in [9.17, 15) is 8.78 Å². The van der Waals surface area contributed by atoms with Crippen molar-refractivity contribution in [1.29, 1.82) is 0 Å². The van der Waals surface area contributed by atoms with Gasteiger partial charge in [-0.3, -0.25) is 0 Å². The van der Waals surface area contributed by atoms with Crippen molar-refractivity contribution in [3.8, 4) is 5.75 Å². The van der Waals surface area contributed by atoms with Crippen LogP contribution in [0.25, 0.3) is 0 Å². The van der Waals surface area contributed by atoms with Crippen LogP contribution in [0.4, 0.5) is 8.78 Å². The Hall–Kier alpha value is -1.98. The fourth-order valence-electron chi connectivity index (χ4n) is 6.11. The van der Waals surface area contributed by atoms with Gasteiger partial charge in [-0.05, 0) is 67.2 Å². The Kier molecular flexibility index (Phi) is 12.1. The molecular weight excluding hydrogens is 494 g/mol. The lowest BCUT2D eigenvalue weighted by molar-refractivity contribution is -0.193. The van der Waals surface area contributed by atoms with Crippen molar-refractivity contribution in [2.75, 3.05) is 19.8 Å². The van der Waals surface area contributed by atoms with Gasteiger partial charge in [0.1, 0.15) is 0 Å². The summed E-state index contributed by atoms with van der Waals surface area (Å²) in [5.74, 6) is -0.319. The molecule has 2 aromatic rings. The first kappa shape index (κ1) is 30.0. The Morgan fingerprint density at radius 2 is 1.31 bits per heavy atom. The number of halogens is 2. The molecule has 0 atom stereocenters. The Morgan fingerprint density at radius 3 is 1.97 bits per heavy atom. The van der Waals surface area contributed by atoms with E-state index in [0.29, 0.717) is 25.7 Å². The average molecular weight is 543 g/mol. The van der Waals surface area contributed by atoms with Crippen molar-refractivity contribution in [2.24, 2.45) is 5.92 Å². The minimum absolute atomic E-state index is 0.0505. The van der Waals surface area contributed by atoms with Gasteiger partial charge in [-0.15, -0.1) is 0 Å². The molecule has 0 N–H and O–H groups in total. The van der Waals surface area contributed by atoms with Gasteiger partial charge in [0.2, 0.25) is 5.82 Å². The highest BCUT2D eigenvalue weighted by molar-refractivity contribution is 5.32. The molecule has 0 spiro atoms. The van der Waals surface area contributed by atoms with Crippen molar-refractivity contribution < 1.29 is 23.0 Å². The molecule has 1 aliphatic carbocycles. The van der Waals surface area contributed by atoms with E-state index >= 15 is 0 Å². The minimum atomic E-state index is -0.971. The van der Waals surface area contributed by atoms with Crippen molar-refractivity contribution in [2.45, 2.75) is 115 Å². The molecule has 216 valence electrons. The van der Waals surface area contributed by atoms with Crippen molar-refractivity contribution in [3.05, 3.63) is 64.7 Å². The fraction of sp³-hybridized carbons (Fsp3) is 0.647. The van der Waals surface area contributed by atoms with Crippen molar-refractivity contribution in [1.82, 2.24) is 0 Å². The quantitative estimate of drug-likeness (QED) is 0.222. The number of rotatable bonds is 14. The summed E-state index contributed by atoms with van der Waals surface area (Å²) in [6, 6.07) is 11.9. The zero-order chi connectivity index (χ0) is 27.5. The lowest BCUT2D eigenvalue weighted by atomic mass is 9.77. The lowest BCUT2D eigenvalue weighted by Gasteiger charge is -2.31. The monoisotopic (exact) mass is 542 g/mol. The first-order chi connectivity index (χ1) is 19.1. The minimum Gasteiger partial charge on any atom is -0.490 e. The molecule has 1 saturated carbocycles. The second kappa shape index (κ2) is 15.7. The summed E-state index contributed by atoms with van der Waals surface area (Å²) in [4.78, 5) is 0. The van der Waals surface area contributed by atoms with Crippen LogP contribution in [-0.2, 0) is 9.47 Å². The number of hydrogen-bond donors (Lipinski definition) is 0. The van der Waals surface area contributed by atoms with Gasteiger partial charge >= 0.3 is 0 Å². The van der Waals surface area contributed by atoms with E-state index in [1.807, 2.05) is 0 Å². The second-order valence-electron chi connectivity index (χ2n) is 11.6. The maximum Gasteiger partial charge on any atom is 0.201 e. The Morgan fingerprint density at radius 1 is 0.692 bits per heavy atom. The van der Waals surface area contributed by atoms with Crippen LogP contribution in [0.1, 0.15) is 132 Å². The van der Waals surface area contributed by atoms with Crippen LogP contribution in [0.2, 0.25) is 0 Å². The summed E-state index contributed by atoms with van der Waals surface area (Å²) in [7, 11) is 0. The molecule has 0 aromatic heterocycles. The number of unbranched alkanes of at least 4 members (excludes halogenated alkanes) is 6. The Bertz CT molecular complexity index is 977. The maximum atomic E-state index is 14.9. The molecule has 0 bridgehead atoms. The van der Waals surface area contributed by atoms with Gasteiger partial charge in [0.05, 0.1) is 19.8 Å². The van der Waals surface area contributed by atoms with Gasteiger partial charge in [0.15, 0.2) is 17.9 Å². The summed E-state index contributed by atoms with van der Waals surface area (Å²) >= 11 is 0. The molecule has 4 rings (SSSR count). The van der Waals surface area contributed by atoms with Crippen LogP contribution >= 0.6 is 0 Å². The molecule has 39 heavy (non-hydrogen) atoms. The van der Waals surface area contributed by atoms with E-state index in [0.717, 1.165) is 25.2 Å². The van der Waals surface area contributed by atoms with E-state index < -0.39 is 17.9 Å². The van der Waals surface area contributed by atoms with Crippen LogP contribution in [-0.4, -0.2) is 19.8 Å². The van der Waals surface area contributed by atoms with Crippen LogP contribution in [0, 0.1) is 17.6 Å². The van der Waals surface area contributed by atoms with E-state index in [1.54, 1.807) is 0 Å². The van der Waals surface area contributed by atoms with Gasteiger partial charge in [-0.25, -0.2) is 4.39 Å². The predicted octanol–water partition coefficient (Wildman–Crippen LogP) is 10.00. The summed E-state index contributed by atoms with van der Waals surface area (Å²) < 4.78 is 46.8. The smallest absolute Gasteiger partial charge is 0.201 e. The zero-order valence-corrected chi connectivity index (χ0v) is 24.1. The van der Waals surface area contributed by atoms with Gasteiger partial charge in [-0.2, -0.15) is 4.39 Å². The number of hydrogen-bond acceptors (Lipinski definition) is 3. The second-order valence-corrected chi connectivity index (χ2v) is 11.6. The first-order valence-corrected chi connectivity index (χ1v) is 15.5. The maximum absolute atomic E-state index is 14.9. The van der Waals surface area contributed by atoms with Crippen LogP contribution in [0.5, 0.6) is 5.75 Å². The Balaban J connectivity index is 1.23. The summed E-state index contributed by atoms with van der Waals surface area (Å²) in [6.07, 6.45) is 15.2. The molecule has 0 amide bonds. The summed E-state index contributed by atoms with van der Waals surface area (Å²) in [5.41, 5.74) is 2.68. The molecule has 0 unspecified atom stereocenters. The normalized spacial score (nSPS) is 23.6. The van der Waals surface area contributed by atoms with E-state index in [4.69, 9.17) is 14.2 Å². The van der Waals surface area contributed by atoms with Crippen LogP contribution in [0.15, 0.2) is 36.4 Å². The molecule has 2 aromatic carbocycles. The summed E-state index contributed by atoms with van der Waals surface area (Å²) in [5, 5.41) is 0. The van der Waals surface area contributed by atoms with E-state index in [2.05, 4.69) is 38.1 Å². The third-order valence-corrected chi connectivity index (χ3v) is 8.68. The van der Waals surface area contributed by atoms with E-state index in [1.165, 1.54) is 87.5 Å². The van der Waals surface area contributed by atoms with Gasteiger partial charge in [0, 0.05) is 11.5 Å². The topological polar surface area (TPSA) is 27.7 Å². The lowest BCUT2D eigenvalue weighted by Crippen LogP contribution is -2.26. The molecule has 3 nitrogen and oxygen atoms in total. The standard InChI is InChI=1S/C34H48F2O3/c1-3-5-7-8-10-22-37-31-21-20-30(32(35)33(31)36)34-38-23-29(24-39-34)28-18-16-27(17-19-28)26-14-12-25(13-15-26)11-9-6-4-2/h16-21,25-26,29,34H,3-15,22-24H2,1-2H3. The van der Waals surface area contributed by atoms with E-state index in [-0.39, 0.29) is 17.2 Å². The molecule has 1 saturated heterocycles. The Labute approximate surface area is 234 Å². The highest BCUT2D eigenvalue weighted by Gasteiger charge is 2.29. The van der Waals surface area contributed by atoms with Crippen LogP contribution in [0.3, 0.4) is 0 Å². The molecular formula is C34H48F2O3. The highest BCUT2D eigenvalue weighted by atomic mass is 19.2. The van der Waals surface area contributed by atoms with Gasteiger partial charge in [-0.1, -0.05) is 89.5 Å². The summed E-state index contributed by atoms with van der Waals surface area (Å²) in [6.45, 7) is 5.63. The van der Waals surface area contributed by atoms with Gasteiger partial charge < -0.3 is 14.2 Å². The predicted molar refractivity (Wildman–Crippen MR) is 153 cm³/mol. The largest absolute Gasteiger partial charge is 0.490 e. The van der Waals surface area contributed by atoms with Gasteiger partial charge in [0.25, 0.3) is 0 Å². The molecule has 1 heterocycles. The fourth-order valence-corrected chi connectivity index (χ4v) is 6.11. The highest BCUT2D eigenvalue weighted by Crippen LogP contribution is 2.39. The molecule has 2 fully saturated rings. The third kappa shape index (κ3) is 8.50. The van der Waals surface area contributed by atoms with Crippen molar-refractivity contribution in [3.63, 3.8) is 0 Å². The van der Waals surface area contributed by atoms with Crippen molar-refractivity contribution >= 4 is 0 Å². The number of benzene rings is 2. The third-order valence-electron chi connectivity index (χ3n) is 8.68. The zero-order valence-electron chi connectivity index (χ0n) is 24.1. The number of ether oxygens (including phenoxy) is 3.